The van der Waals surface area contributed by atoms with Crippen LogP contribution >= 0.6 is 0 Å². The van der Waals surface area contributed by atoms with Crippen molar-refractivity contribution in [3.8, 4) is 0 Å². The van der Waals surface area contributed by atoms with Gasteiger partial charge in [0.25, 0.3) is 0 Å². The number of aromatic amines is 1. The second kappa shape index (κ2) is 7.65. The average Bonchev–Trinajstić information content (AvgIpc) is 3.34. The number of carbonyl (C=O) groups is 1. The largest absolute Gasteiger partial charge is 0.444 e. The summed E-state index contributed by atoms with van der Waals surface area (Å²) in [5.41, 5.74) is 2.22. The van der Waals surface area contributed by atoms with Gasteiger partial charge in [0.2, 0.25) is 10.0 Å². The second-order valence-electron chi connectivity index (χ2n) is 7.36. The topological polar surface area (TPSA) is 134 Å². The maximum atomic E-state index is 11.8. The lowest BCUT2D eigenvalue weighted by Crippen LogP contribution is -2.33. The molecule has 2 atom stereocenters. The fourth-order valence-electron chi connectivity index (χ4n) is 3.34. The molecule has 3 heterocycles. The van der Waals surface area contributed by atoms with Crippen LogP contribution in [0.5, 0.6) is 0 Å². The lowest BCUT2D eigenvalue weighted by Gasteiger charge is -2.13. The fourth-order valence-corrected chi connectivity index (χ4v) is 4.56. The number of fused-ring (bicyclic) bond motifs is 1. The second-order valence-corrected chi connectivity index (χ2v) is 9.10. The van der Waals surface area contributed by atoms with Crippen LogP contribution in [-0.4, -0.2) is 43.5 Å². The summed E-state index contributed by atoms with van der Waals surface area (Å²) in [5.74, 6) is 0.583. The smallest absolute Gasteiger partial charge is 0.407 e. The first-order valence-electron chi connectivity index (χ1n) is 9.34. The molecule has 2 aromatic rings. The number of rotatable bonds is 5. The highest BCUT2D eigenvalue weighted by molar-refractivity contribution is 7.89. The Bertz CT molecular complexity index is 1020. The highest BCUT2D eigenvalue weighted by atomic mass is 32.2. The molecular weight excluding hydrogens is 398 g/mol. The van der Waals surface area contributed by atoms with Crippen molar-refractivity contribution in [1.29, 1.82) is 0 Å². The molecule has 1 fully saturated rings. The summed E-state index contributed by atoms with van der Waals surface area (Å²) in [6, 6.07) is 6.89. The first-order chi connectivity index (χ1) is 13.8. The minimum absolute atomic E-state index is 0.0111. The molecule has 0 radical (unpaired) electrons. The summed E-state index contributed by atoms with van der Waals surface area (Å²) < 4.78 is 37.2. The summed E-state index contributed by atoms with van der Waals surface area (Å²) in [6.45, 7) is 4.33. The van der Waals surface area contributed by atoms with E-state index in [0.717, 1.165) is 11.4 Å². The van der Waals surface area contributed by atoms with Gasteiger partial charge in [-0.2, -0.15) is 5.10 Å². The molecule has 10 nitrogen and oxygen atoms in total. The Morgan fingerprint density at radius 2 is 2.17 bits per heavy atom. The van der Waals surface area contributed by atoms with E-state index in [9.17, 15) is 13.2 Å². The Hall–Kier alpha value is -2.63. The Balaban J connectivity index is 1.37. The standard InChI is InChI=1S/C18H23N5O5S/c1-10(2)20-18(24)28-13-6-15(27-9-13)14-7-17(23-22-14)21-12-3-4-16-11(5-12)8-19-29(16,25)26/h3-5,7,10,13,15,19H,6,8-9H2,1-2H3,(H,20,24)(H2,21,22,23)/t13-,15+/m0/s1. The fraction of sp³-hybridized carbons (Fsp3) is 0.444. The summed E-state index contributed by atoms with van der Waals surface area (Å²) in [6.07, 6.45) is -0.474. The van der Waals surface area contributed by atoms with Crippen molar-refractivity contribution in [2.24, 2.45) is 0 Å². The Kier molecular flexibility index (Phi) is 5.19. The molecule has 0 aliphatic carbocycles. The highest BCUT2D eigenvalue weighted by Gasteiger charge is 2.31. The molecule has 1 aromatic carbocycles. The van der Waals surface area contributed by atoms with Crippen LogP contribution in [0.25, 0.3) is 0 Å². The minimum Gasteiger partial charge on any atom is -0.444 e. The number of ether oxygens (including phenoxy) is 2. The van der Waals surface area contributed by atoms with Gasteiger partial charge >= 0.3 is 6.09 Å². The lowest BCUT2D eigenvalue weighted by molar-refractivity contribution is 0.0682. The van der Waals surface area contributed by atoms with E-state index in [1.807, 2.05) is 19.9 Å². The van der Waals surface area contributed by atoms with E-state index in [2.05, 4.69) is 25.6 Å². The van der Waals surface area contributed by atoms with Crippen LogP contribution in [0.3, 0.4) is 0 Å². The number of benzene rings is 1. The van der Waals surface area contributed by atoms with Gasteiger partial charge < -0.3 is 20.1 Å². The van der Waals surface area contributed by atoms with Crippen LogP contribution in [0.4, 0.5) is 16.3 Å². The van der Waals surface area contributed by atoms with E-state index in [1.54, 1.807) is 18.2 Å². The van der Waals surface area contributed by atoms with E-state index in [1.165, 1.54) is 0 Å². The highest BCUT2D eigenvalue weighted by Crippen LogP contribution is 2.31. The van der Waals surface area contributed by atoms with E-state index >= 15 is 0 Å². The molecular formula is C18H23N5O5S. The molecule has 1 saturated heterocycles. The number of alkyl carbamates (subject to hydrolysis) is 1. The number of aromatic nitrogens is 2. The third-order valence-electron chi connectivity index (χ3n) is 4.66. The van der Waals surface area contributed by atoms with Gasteiger partial charge in [-0.15, -0.1) is 0 Å². The van der Waals surface area contributed by atoms with Crippen molar-refractivity contribution in [3.63, 3.8) is 0 Å². The zero-order valence-corrected chi connectivity index (χ0v) is 16.9. The van der Waals surface area contributed by atoms with Crippen molar-refractivity contribution in [1.82, 2.24) is 20.2 Å². The average molecular weight is 421 g/mol. The van der Waals surface area contributed by atoms with E-state index in [0.29, 0.717) is 29.3 Å². The third-order valence-corrected chi connectivity index (χ3v) is 6.16. The molecule has 2 aliphatic heterocycles. The van der Waals surface area contributed by atoms with Crippen LogP contribution in [0.15, 0.2) is 29.2 Å². The number of hydrogen-bond donors (Lipinski definition) is 4. The zero-order valence-electron chi connectivity index (χ0n) is 16.1. The first-order valence-corrected chi connectivity index (χ1v) is 10.8. The van der Waals surface area contributed by atoms with E-state index < -0.39 is 16.1 Å². The molecule has 1 amide bonds. The van der Waals surface area contributed by atoms with Gasteiger partial charge in [0.1, 0.15) is 12.2 Å². The Morgan fingerprint density at radius 1 is 1.34 bits per heavy atom. The van der Waals surface area contributed by atoms with Crippen LogP contribution < -0.4 is 15.4 Å². The Morgan fingerprint density at radius 3 is 2.97 bits per heavy atom. The number of carbonyl (C=O) groups excluding carboxylic acids is 1. The summed E-state index contributed by atoms with van der Waals surface area (Å²) in [7, 11) is -3.38. The molecule has 0 saturated carbocycles. The van der Waals surface area contributed by atoms with E-state index in [4.69, 9.17) is 9.47 Å². The number of amides is 1. The molecule has 4 N–H and O–H groups in total. The third kappa shape index (κ3) is 4.36. The van der Waals surface area contributed by atoms with Crippen molar-refractivity contribution < 1.29 is 22.7 Å². The zero-order chi connectivity index (χ0) is 20.6. The van der Waals surface area contributed by atoms with Crippen LogP contribution in [-0.2, 0) is 26.0 Å². The molecule has 4 rings (SSSR count). The van der Waals surface area contributed by atoms with Gasteiger partial charge in [0.15, 0.2) is 5.82 Å². The lowest BCUT2D eigenvalue weighted by atomic mass is 10.1. The molecule has 156 valence electrons. The molecule has 0 bridgehead atoms. The quantitative estimate of drug-likeness (QED) is 0.579. The van der Waals surface area contributed by atoms with Gasteiger partial charge in [0, 0.05) is 30.8 Å². The van der Waals surface area contributed by atoms with Crippen molar-refractivity contribution >= 4 is 27.6 Å². The van der Waals surface area contributed by atoms with Gasteiger partial charge in [-0.3, -0.25) is 5.10 Å². The number of nitrogens with zero attached hydrogens (tertiary/aromatic N) is 1. The molecule has 29 heavy (non-hydrogen) atoms. The predicted molar refractivity (Wildman–Crippen MR) is 104 cm³/mol. The van der Waals surface area contributed by atoms with Crippen molar-refractivity contribution in [2.45, 2.75) is 50.0 Å². The van der Waals surface area contributed by atoms with Crippen molar-refractivity contribution in [3.05, 3.63) is 35.5 Å². The first kappa shape index (κ1) is 19.7. The number of nitrogens with one attached hydrogen (secondary N) is 4. The van der Waals surface area contributed by atoms with E-state index in [-0.39, 0.29) is 24.8 Å². The number of hydrogen-bond acceptors (Lipinski definition) is 7. The van der Waals surface area contributed by atoms with Gasteiger partial charge in [-0.05, 0) is 37.6 Å². The Labute approximate surface area is 168 Å². The normalized spacial score (nSPS) is 22.4. The molecule has 11 heteroatoms. The van der Waals surface area contributed by atoms with Gasteiger partial charge in [-0.25, -0.2) is 17.9 Å². The predicted octanol–water partition coefficient (Wildman–Crippen LogP) is 1.91. The van der Waals surface area contributed by atoms with Crippen LogP contribution in [0.1, 0.15) is 37.6 Å². The molecule has 0 unspecified atom stereocenters. The summed E-state index contributed by atoms with van der Waals surface area (Å²) in [5, 5.41) is 13.0. The monoisotopic (exact) mass is 421 g/mol. The van der Waals surface area contributed by atoms with Gasteiger partial charge in [0.05, 0.1) is 17.2 Å². The molecule has 2 aliphatic rings. The molecule has 1 aromatic heterocycles. The maximum absolute atomic E-state index is 11.8. The van der Waals surface area contributed by atoms with Gasteiger partial charge in [-0.1, -0.05) is 0 Å². The summed E-state index contributed by atoms with van der Waals surface area (Å²) in [4.78, 5) is 12.0. The number of anilines is 2. The maximum Gasteiger partial charge on any atom is 0.407 e. The number of H-pyrrole nitrogens is 1. The summed E-state index contributed by atoms with van der Waals surface area (Å²) >= 11 is 0. The SMILES string of the molecule is CC(C)NC(=O)O[C@@H]1CO[C@@H](c2cc(Nc3ccc4c(c3)CNS4(=O)=O)n[nH]2)C1. The minimum atomic E-state index is -3.38. The van der Waals surface area contributed by atoms with Crippen LogP contribution in [0.2, 0.25) is 0 Å². The molecule has 0 spiro atoms. The van der Waals surface area contributed by atoms with Crippen LogP contribution in [0, 0.1) is 0 Å². The van der Waals surface area contributed by atoms with Crippen molar-refractivity contribution in [2.75, 3.05) is 11.9 Å². The number of sulfonamides is 1.